The van der Waals surface area contributed by atoms with E-state index in [4.69, 9.17) is 0 Å². The summed E-state index contributed by atoms with van der Waals surface area (Å²) in [7, 11) is 4.05. The Hall–Kier alpha value is -1.68. The van der Waals surface area contributed by atoms with Gasteiger partial charge >= 0.3 is 0 Å². The van der Waals surface area contributed by atoms with Crippen LogP contribution in [0, 0.1) is 0 Å². The molecule has 1 heterocycles. The molecule has 19 heavy (non-hydrogen) atoms. The van der Waals surface area contributed by atoms with E-state index in [1.165, 1.54) is 5.69 Å². The molecule has 0 atom stereocenters. The number of carbonyl (C=O) groups excluding carboxylic acids is 1. The highest BCUT2D eigenvalue weighted by atomic mass is 32.1. The first-order valence-electron chi connectivity index (χ1n) is 6.46. The summed E-state index contributed by atoms with van der Waals surface area (Å²) < 4.78 is 0. The van der Waals surface area contributed by atoms with Crippen LogP contribution >= 0.6 is 11.3 Å². The Morgan fingerprint density at radius 2 is 1.89 bits per heavy atom. The lowest BCUT2D eigenvalue weighted by Gasteiger charge is -2.11. The van der Waals surface area contributed by atoms with E-state index in [1.807, 2.05) is 14.1 Å². The van der Waals surface area contributed by atoms with Crippen LogP contribution in [0.4, 0.5) is 5.69 Å². The SMILES string of the molecule is CN(C)c1ccc(-c2nc3c(s2)CCCC3=O)cc1. The Labute approximate surface area is 116 Å². The fourth-order valence-electron chi connectivity index (χ4n) is 2.29. The minimum atomic E-state index is 0.202. The molecule has 1 aliphatic carbocycles. The molecule has 0 radical (unpaired) electrons. The lowest BCUT2D eigenvalue weighted by molar-refractivity contribution is 0.0968. The molecule has 1 aliphatic rings. The molecule has 2 aromatic rings. The summed E-state index contributed by atoms with van der Waals surface area (Å²) in [6, 6.07) is 8.31. The summed E-state index contributed by atoms with van der Waals surface area (Å²) in [6.07, 6.45) is 2.61. The third-order valence-corrected chi connectivity index (χ3v) is 4.56. The van der Waals surface area contributed by atoms with Crippen molar-refractivity contribution in [3.63, 3.8) is 0 Å². The van der Waals surface area contributed by atoms with E-state index in [-0.39, 0.29) is 5.78 Å². The van der Waals surface area contributed by atoms with Gasteiger partial charge in [0.15, 0.2) is 5.78 Å². The quantitative estimate of drug-likeness (QED) is 0.840. The zero-order valence-corrected chi connectivity index (χ0v) is 12.0. The number of ketones is 1. The number of Topliss-reactive ketones (excluding diaryl/α,β-unsaturated/α-hetero) is 1. The molecular weight excluding hydrogens is 256 g/mol. The molecule has 1 aromatic carbocycles. The number of carbonyl (C=O) groups is 1. The van der Waals surface area contributed by atoms with E-state index < -0.39 is 0 Å². The third-order valence-electron chi connectivity index (χ3n) is 3.40. The first-order chi connectivity index (χ1) is 9.15. The van der Waals surface area contributed by atoms with Crippen molar-refractivity contribution in [3.8, 4) is 10.6 Å². The lowest BCUT2D eigenvalue weighted by Crippen LogP contribution is -2.08. The molecule has 0 fully saturated rings. The number of aryl methyl sites for hydroxylation is 1. The molecule has 4 heteroatoms. The van der Waals surface area contributed by atoms with E-state index in [0.29, 0.717) is 12.1 Å². The second-order valence-corrected chi connectivity index (χ2v) is 6.09. The molecule has 0 bridgehead atoms. The summed E-state index contributed by atoms with van der Waals surface area (Å²) in [5.74, 6) is 0.202. The maximum atomic E-state index is 11.8. The highest BCUT2D eigenvalue weighted by Crippen LogP contribution is 2.33. The Bertz CT molecular complexity index is 614. The number of benzene rings is 1. The van der Waals surface area contributed by atoms with Gasteiger partial charge in [0.2, 0.25) is 0 Å². The van der Waals surface area contributed by atoms with Crippen molar-refractivity contribution in [1.82, 2.24) is 4.98 Å². The van der Waals surface area contributed by atoms with Gasteiger partial charge in [-0.05, 0) is 37.1 Å². The highest BCUT2D eigenvalue weighted by molar-refractivity contribution is 7.15. The summed E-state index contributed by atoms with van der Waals surface area (Å²) >= 11 is 1.66. The Kier molecular flexibility index (Phi) is 3.11. The Balaban J connectivity index is 1.96. The largest absolute Gasteiger partial charge is 0.378 e. The van der Waals surface area contributed by atoms with Gasteiger partial charge in [0.25, 0.3) is 0 Å². The third kappa shape index (κ3) is 2.28. The van der Waals surface area contributed by atoms with Gasteiger partial charge in [0.05, 0.1) is 0 Å². The molecule has 3 nitrogen and oxygen atoms in total. The number of hydrogen-bond donors (Lipinski definition) is 0. The second kappa shape index (κ2) is 4.78. The molecule has 0 saturated heterocycles. The monoisotopic (exact) mass is 272 g/mol. The first-order valence-corrected chi connectivity index (χ1v) is 7.27. The fraction of sp³-hybridized carbons (Fsp3) is 0.333. The predicted octanol–water partition coefficient (Wildman–Crippen LogP) is 3.40. The molecule has 0 unspecified atom stereocenters. The van der Waals surface area contributed by atoms with Crippen molar-refractivity contribution in [2.75, 3.05) is 19.0 Å². The smallest absolute Gasteiger partial charge is 0.182 e. The van der Waals surface area contributed by atoms with E-state index in [9.17, 15) is 4.79 Å². The molecular formula is C15H16N2OS. The molecule has 0 saturated carbocycles. The van der Waals surface area contributed by atoms with Crippen LogP contribution in [0.5, 0.6) is 0 Å². The molecule has 3 rings (SSSR count). The maximum Gasteiger partial charge on any atom is 0.182 e. The number of anilines is 1. The van der Waals surface area contributed by atoms with Gasteiger partial charge in [-0.15, -0.1) is 11.3 Å². The van der Waals surface area contributed by atoms with Crippen molar-refractivity contribution >= 4 is 22.8 Å². The number of aromatic nitrogens is 1. The molecule has 0 amide bonds. The van der Waals surface area contributed by atoms with Crippen LogP contribution in [0.3, 0.4) is 0 Å². The van der Waals surface area contributed by atoms with Crippen LogP contribution in [-0.4, -0.2) is 24.9 Å². The topological polar surface area (TPSA) is 33.2 Å². The summed E-state index contributed by atoms with van der Waals surface area (Å²) in [5.41, 5.74) is 2.97. The zero-order valence-electron chi connectivity index (χ0n) is 11.1. The van der Waals surface area contributed by atoms with Crippen molar-refractivity contribution in [3.05, 3.63) is 34.8 Å². The van der Waals surface area contributed by atoms with Gasteiger partial charge in [-0.3, -0.25) is 4.79 Å². The molecule has 0 spiro atoms. The van der Waals surface area contributed by atoms with E-state index in [1.54, 1.807) is 11.3 Å². The first kappa shape index (κ1) is 12.4. The average molecular weight is 272 g/mol. The normalized spacial score (nSPS) is 14.3. The van der Waals surface area contributed by atoms with E-state index >= 15 is 0 Å². The van der Waals surface area contributed by atoms with Crippen LogP contribution in [0.15, 0.2) is 24.3 Å². The van der Waals surface area contributed by atoms with Gasteiger partial charge < -0.3 is 4.90 Å². The molecule has 0 aliphatic heterocycles. The van der Waals surface area contributed by atoms with Crippen LogP contribution < -0.4 is 4.90 Å². The Morgan fingerprint density at radius 1 is 1.16 bits per heavy atom. The minimum absolute atomic E-state index is 0.202. The number of nitrogens with zero attached hydrogens (tertiary/aromatic N) is 2. The summed E-state index contributed by atoms with van der Waals surface area (Å²) in [4.78, 5) is 19.6. The Morgan fingerprint density at radius 3 is 2.53 bits per heavy atom. The highest BCUT2D eigenvalue weighted by Gasteiger charge is 2.22. The van der Waals surface area contributed by atoms with Crippen LogP contribution in [-0.2, 0) is 6.42 Å². The van der Waals surface area contributed by atoms with Gasteiger partial charge in [0.1, 0.15) is 10.7 Å². The van der Waals surface area contributed by atoms with Gasteiger partial charge in [-0.1, -0.05) is 0 Å². The predicted molar refractivity (Wildman–Crippen MR) is 79.1 cm³/mol. The summed E-state index contributed by atoms with van der Waals surface area (Å²) in [5, 5.41) is 0.963. The van der Waals surface area contributed by atoms with E-state index in [0.717, 1.165) is 28.3 Å². The number of hydrogen-bond acceptors (Lipinski definition) is 4. The van der Waals surface area contributed by atoms with Crippen molar-refractivity contribution in [2.45, 2.75) is 19.3 Å². The van der Waals surface area contributed by atoms with Crippen LogP contribution in [0.25, 0.3) is 10.6 Å². The fourth-order valence-corrected chi connectivity index (χ4v) is 3.42. The van der Waals surface area contributed by atoms with Gasteiger partial charge in [0, 0.05) is 36.6 Å². The van der Waals surface area contributed by atoms with Crippen molar-refractivity contribution in [1.29, 1.82) is 0 Å². The van der Waals surface area contributed by atoms with Crippen LogP contribution in [0.2, 0.25) is 0 Å². The molecule has 1 aromatic heterocycles. The maximum absolute atomic E-state index is 11.8. The summed E-state index contributed by atoms with van der Waals surface area (Å²) in [6.45, 7) is 0. The number of fused-ring (bicyclic) bond motifs is 1. The molecule has 0 N–H and O–H groups in total. The van der Waals surface area contributed by atoms with Crippen molar-refractivity contribution < 1.29 is 4.79 Å². The second-order valence-electron chi connectivity index (χ2n) is 5.01. The zero-order chi connectivity index (χ0) is 13.4. The number of rotatable bonds is 2. The number of thiazole rings is 1. The van der Waals surface area contributed by atoms with Gasteiger partial charge in [-0.25, -0.2) is 4.98 Å². The van der Waals surface area contributed by atoms with Crippen molar-refractivity contribution in [2.24, 2.45) is 0 Å². The standard InChI is InChI=1S/C15H16N2OS/c1-17(2)11-8-6-10(7-9-11)15-16-14-12(18)4-3-5-13(14)19-15/h6-9H,3-5H2,1-2H3. The lowest BCUT2D eigenvalue weighted by atomic mass is 10.0. The minimum Gasteiger partial charge on any atom is -0.378 e. The van der Waals surface area contributed by atoms with E-state index in [2.05, 4.69) is 34.1 Å². The van der Waals surface area contributed by atoms with Gasteiger partial charge in [-0.2, -0.15) is 0 Å². The molecule has 98 valence electrons. The van der Waals surface area contributed by atoms with Crippen LogP contribution in [0.1, 0.15) is 28.2 Å². The average Bonchev–Trinajstić information content (AvgIpc) is 2.84.